The molecule has 0 spiro atoms. The molecule has 1 aliphatic rings. The van der Waals surface area contributed by atoms with E-state index in [0.29, 0.717) is 0 Å². The summed E-state index contributed by atoms with van der Waals surface area (Å²) in [4.78, 5) is 4.44. The fourth-order valence-electron chi connectivity index (χ4n) is 0.209. The molecule has 3 nitrogen and oxygen atoms in total. The van der Waals surface area contributed by atoms with Gasteiger partial charge in [0, 0.05) is 0 Å². The van der Waals surface area contributed by atoms with Crippen LogP contribution in [0.1, 0.15) is 0 Å². The molecule has 0 atom stereocenters. The van der Waals surface area contributed by atoms with Gasteiger partial charge in [0.25, 0.3) is 0 Å². The Labute approximate surface area is 35.9 Å². The summed E-state index contributed by atoms with van der Waals surface area (Å²) in [7, 11) is 1.60. The zero-order valence-corrected chi connectivity index (χ0v) is 3.09. The van der Waals surface area contributed by atoms with E-state index in [9.17, 15) is 0 Å². The van der Waals surface area contributed by atoms with Crippen molar-refractivity contribution in [2.24, 2.45) is 5.00 Å². The molecule has 0 saturated heterocycles. The standard InChI is InChI=1S/C2H3BN2O/c1-2-6-5-4-3-1/h1-2,5H. The zero-order valence-electron chi connectivity index (χ0n) is 3.09. The third-order valence-electron chi connectivity index (χ3n) is 0.413. The van der Waals surface area contributed by atoms with Gasteiger partial charge in [0.15, 0.2) is 0 Å². The van der Waals surface area contributed by atoms with Crippen LogP contribution in [0.25, 0.3) is 0 Å². The molecule has 1 rings (SSSR count). The molecule has 0 fully saturated rings. The van der Waals surface area contributed by atoms with Crippen LogP contribution in [0.4, 0.5) is 0 Å². The Bertz CT molecular complexity index is 77.5. The molecule has 0 aliphatic carbocycles. The van der Waals surface area contributed by atoms with Crippen molar-refractivity contribution < 1.29 is 4.84 Å². The molecule has 1 heterocycles. The molecular formula is C2H3BN2O. The van der Waals surface area contributed by atoms with Gasteiger partial charge in [0.05, 0.1) is 0 Å². The fourth-order valence-corrected chi connectivity index (χ4v) is 0.209. The van der Waals surface area contributed by atoms with E-state index >= 15 is 0 Å². The van der Waals surface area contributed by atoms with E-state index in [4.69, 9.17) is 0 Å². The van der Waals surface area contributed by atoms with Crippen molar-refractivity contribution in [3.8, 4) is 0 Å². The van der Waals surface area contributed by atoms with Crippen LogP contribution in [0.5, 0.6) is 0 Å². The summed E-state index contributed by atoms with van der Waals surface area (Å²) >= 11 is 0. The average Bonchev–Trinajstić information content (AvgIpc) is 1.72. The molecule has 1 N–H and O–H groups in total. The molecule has 0 radical (unpaired) electrons. The predicted octanol–water partition coefficient (Wildman–Crippen LogP) is -0.205. The monoisotopic (exact) mass is 82.0 g/mol. The summed E-state index contributed by atoms with van der Waals surface area (Å²) in [6, 6.07) is 0. The summed E-state index contributed by atoms with van der Waals surface area (Å²) in [5.41, 5.74) is 2.27. The summed E-state index contributed by atoms with van der Waals surface area (Å²) < 4.78 is 0. The SMILES string of the molecule is B1=NNOC=C1. The molecule has 0 unspecified atom stereocenters. The van der Waals surface area contributed by atoms with Crippen molar-refractivity contribution in [2.75, 3.05) is 0 Å². The first-order chi connectivity index (χ1) is 3.00. The molecule has 4 heteroatoms. The van der Waals surface area contributed by atoms with E-state index < -0.39 is 0 Å². The Kier molecular flexibility index (Phi) is 0.903. The van der Waals surface area contributed by atoms with Crippen molar-refractivity contribution in [3.63, 3.8) is 0 Å². The molecule has 0 saturated carbocycles. The molecule has 0 aromatic heterocycles. The molecule has 1 aliphatic heterocycles. The van der Waals surface area contributed by atoms with Gasteiger partial charge in [-0.05, 0) is 0 Å². The third-order valence-corrected chi connectivity index (χ3v) is 0.413. The van der Waals surface area contributed by atoms with Crippen LogP contribution in [0, 0.1) is 0 Å². The minimum absolute atomic E-state index is 1.51. The molecule has 0 bridgehead atoms. The molecule has 6 heavy (non-hydrogen) atoms. The Morgan fingerprint density at radius 2 is 2.83 bits per heavy atom. The van der Waals surface area contributed by atoms with Crippen LogP contribution < -0.4 is 5.59 Å². The van der Waals surface area contributed by atoms with Gasteiger partial charge in [0.2, 0.25) is 0 Å². The quantitative estimate of drug-likeness (QED) is 0.410. The maximum absolute atomic E-state index is 4.44. The summed E-state index contributed by atoms with van der Waals surface area (Å²) in [6.07, 6.45) is 1.51. The molecule has 0 aromatic carbocycles. The molecular weight excluding hydrogens is 78.8 g/mol. The first-order valence-corrected chi connectivity index (χ1v) is 1.59. The van der Waals surface area contributed by atoms with Gasteiger partial charge >= 0.3 is 34.7 Å². The van der Waals surface area contributed by atoms with E-state index in [-0.39, 0.29) is 0 Å². The van der Waals surface area contributed by atoms with Crippen LogP contribution in [0.2, 0.25) is 0 Å². The maximum atomic E-state index is 4.44. The number of nitrogens with zero attached hydrogens (tertiary/aromatic N) is 1. The van der Waals surface area contributed by atoms with Gasteiger partial charge in [0.1, 0.15) is 0 Å². The van der Waals surface area contributed by atoms with Crippen LogP contribution in [0.15, 0.2) is 17.2 Å². The van der Waals surface area contributed by atoms with E-state index in [1.54, 1.807) is 13.0 Å². The van der Waals surface area contributed by atoms with Crippen LogP contribution in [0.3, 0.4) is 0 Å². The topological polar surface area (TPSA) is 33.6 Å². The Balaban J connectivity index is 2.46. The van der Waals surface area contributed by atoms with Crippen LogP contribution in [-0.2, 0) is 4.84 Å². The number of hydrogen-bond acceptors (Lipinski definition) is 3. The second-order valence-corrected chi connectivity index (χ2v) is 0.816. The first-order valence-electron chi connectivity index (χ1n) is 1.59. The van der Waals surface area contributed by atoms with Crippen molar-refractivity contribution in [1.29, 1.82) is 0 Å². The van der Waals surface area contributed by atoms with Gasteiger partial charge < -0.3 is 0 Å². The molecule has 0 amide bonds. The van der Waals surface area contributed by atoms with Crippen LogP contribution >= 0.6 is 0 Å². The van der Waals surface area contributed by atoms with E-state index in [0.717, 1.165) is 0 Å². The van der Waals surface area contributed by atoms with Crippen molar-refractivity contribution in [3.05, 3.63) is 12.2 Å². The van der Waals surface area contributed by atoms with Gasteiger partial charge in [-0.15, -0.1) is 0 Å². The van der Waals surface area contributed by atoms with Gasteiger partial charge in [-0.1, -0.05) is 0 Å². The second-order valence-electron chi connectivity index (χ2n) is 0.816. The van der Waals surface area contributed by atoms with Crippen molar-refractivity contribution in [2.45, 2.75) is 0 Å². The Hall–Kier alpha value is -0.795. The van der Waals surface area contributed by atoms with Crippen LogP contribution in [-0.4, -0.2) is 7.07 Å². The third kappa shape index (κ3) is 0.575. The Morgan fingerprint density at radius 1 is 1.83 bits per heavy atom. The predicted molar refractivity (Wildman–Crippen MR) is 21.5 cm³/mol. The summed E-state index contributed by atoms with van der Waals surface area (Å²) in [5, 5.41) is 3.49. The summed E-state index contributed by atoms with van der Waals surface area (Å²) in [6.45, 7) is 0. The average molecular weight is 81.9 g/mol. The summed E-state index contributed by atoms with van der Waals surface area (Å²) in [5.74, 6) is 1.69. The van der Waals surface area contributed by atoms with Gasteiger partial charge in [-0.3, -0.25) is 0 Å². The fraction of sp³-hybridized carbons (Fsp3) is 0. The molecule has 30 valence electrons. The van der Waals surface area contributed by atoms with Gasteiger partial charge in [-0.2, -0.15) is 0 Å². The van der Waals surface area contributed by atoms with E-state index in [1.165, 1.54) is 6.26 Å². The van der Waals surface area contributed by atoms with Crippen molar-refractivity contribution in [1.82, 2.24) is 5.59 Å². The molecule has 0 aromatic rings. The second kappa shape index (κ2) is 1.59. The zero-order chi connectivity index (χ0) is 4.24. The Morgan fingerprint density at radius 3 is 3.00 bits per heavy atom. The van der Waals surface area contributed by atoms with Crippen molar-refractivity contribution >= 4 is 7.07 Å². The minimum atomic E-state index is 1.51. The normalized spacial score (nSPS) is 14.7. The first kappa shape index (κ1) is 3.40. The number of hydrogen-bond donors (Lipinski definition) is 1. The van der Waals surface area contributed by atoms with E-state index in [1.807, 2.05) is 0 Å². The van der Waals surface area contributed by atoms with Gasteiger partial charge in [-0.25, -0.2) is 0 Å². The number of nitrogens with one attached hydrogen (secondary N) is 1. The number of rotatable bonds is 0. The van der Waals surface area contributed by atoms with E-state index in [2.05, 4.69) is 15.4 Å².